The van der Waals surface area contributed by atoms with Crippen LogP contribution in [-0.2, 0) is 71.4 Å². The number of amides is 4. The van der Waals surface area contributed by atoms with Gasteiger partial charge in [-0.3, -0.25) is 24.1 Å². The summed E-state index contributed by atoms with van der Waals surface area (Å²) in [7, 11) is 0. The third-order valence-corrected chi connectivity index (χ3v) is 5.99. The number of carbonyl (C=O) groups is 5. The SMILES string of the molecule is O=C(CCOCCOCCOCCOCCOCCOCCOCCOCCOCCN1C(=O)C=CC1=O)ON1C(=O)CCC1=O. The van der Waals surface area contributed by atoms with Crippen molar-refractivity contribution in [3.05, 3.63) is 12.2 Å². The zero-order valence-corrected chi connectivity index (χ0v) is 26.2. The van der Waals surface area contributed by atoms with Gasteiger partial charge in [0.05, 0.1) is 132 Å². The van der Waals surface area contributed by atoms with Crippen LogP contribution >= 0.6 is 0 Å². The van der Waals surface area contributed by atoms with E-state index in [2.05, 4.69) is 0 Å². The van der Waals surface area contributed by atoms with E-state index in [1.54, 1.807) is 0 Å². The van der Waals surface area contributed by atoms with Crippen molar-refractivity contribution in [3.8, 4) is 0 Å². The highest BCUT2D eigenvalue weighted by Crippen LogP contribution is 2.12. The lowest BCUT2D eigenvalue weighted by molar-refractivity contribution is -0.198. The maximum Gasteiger partial charge on any atom is 0.335 e. The van der Waals surface area contributed by atoms with E-state index in [9.17, 15) is 24.0 Å². The highest BCUT2D eigenvalue weighted by Gasteiger charge is 2.32. The molecule has 0 unspecified atom stereocenters. The highest BCUT2D eigenvalue weighted by atomic mass is 16.7. The minimum absolute atomic E-state index is 0.0545. The number of hydroxylamine groups is 2. The molecule has 1 saturated heterocycles. The third kappa shape index (κ3) is 18.9. The van der Waals surface area contributed by atoms with Gasteiger partial charge in [0.25, 0.3) is 23.6 Å². The summed E-state index contributed by atoms with van der Waals surface area (Å²) in [5, 5.41) is 0.513. The number of imide groups is 2. The Morgan fingerprint density at radius 1 is 0.478 bits per heavy atom. The summed E-state index contributed by atoms with van der Waals surface area (Å²) in [5.41, 5.74) is 0. The van der Waals surface area contributed by atoms with E-state index in [0.717, 1.165) is 4.90 Å². The van der Waals surface area contributed by atoms with Gasteiger partial charge in [0, 0.05) is 25.0 Å². The molecule has 0 aromatic heterocycles. The summed E-state index contributed by atoms with van der Waals surface area (Å²) in [4.78, 5) is 63.0. The van der Waals surface area contributed by atoms with Gasteiger partial charge in [0.2, 0.25) is 0 Å². The summed E-state index contributed by atoms with van der Waals surface area (Å²) in [6.45, 7) is 7.14. The van der Waals surface area contributed by atoms with Crippen LogP contribution < -0.4 is 0 Å². The van der Waals surface area contributed by atoms with Gasteiger partial charge in [-0.2, -0.15) is 0 Å². The Morgan fingerprint density at radius 2 is 0.783 bits per heavy atom. The van der Waals surface area contributed by atoms with Crippen LogP contribution in [0.2, 0.25) is 0 Å². The molecule has 17 nitrogen and oxygen atoms in total. The van der Waals surface area contributed by atoms with Crippen LogP contribution in [-0.4, -0.2) is 165 Å². The van der Waals surface area contributed by atoms with Crippen LogP contribution in [0.15, 0.2) is 12.2 Å². The lowest BCUT2D eigenvalue weighted by Gasteiger charge is -2.13. The van der Waals surface area contributed by atoms with Crippen LogP contribution in [0.4, 0.5) is 0 Å². The number of hydrogen-bond donors (Lipinski definition) is 0. The molecule has 2 aliphatic heterocycles. The van der Waals surface area contributed by atoms with Crippen molar-refractivity contribution in [2.75, 3.05) is 125 Å². The van der Waals surface area contributed by atoms with Crippen LogP contribution in [0.25, 0.3) is 0 Å². The molecular weight excluding hydrogens is 616 g/mol. The standard InChI is InChI=1S/C29H46N2O15/c32-25-1-2-26(33)30(25)6-8-38-10-12-40-14-16-42-18-20-44-22-24-45-23-21-43-19-17-41-15-13-39-11-9-37-7-5-29(36)46-31-27(34)3-4-28(31)35/h1-2H,3-24H2. The number of ether oxygens (including phenoxy) is 9. The molecule has 0 atom stereocenters. The van der Waals surface area contributed by atoms with Crippen LogP contribution in [0.1, 0.15) is 19.3 Å². The molecule has 2 rings (SSSR count). The Labute approximate surface area is 268 Å². The number of hydrogen-bond acceptors (Lipinski definition) is 15. The monoisotopic (exact) mass is 662 g/mol. The van der Waals surface area contributed by atoms with E-state index < -0.39 is 17.8 Å². The average molecular weight is 663 g/mol. The summed E-state index contributed by atoms with van der Waals surface area (Å²) >= 11 is 0. The minimum Gasteiger partial charge on any atom is -0.378 e. The summed E-state index contributed by atoms with van der Waals surface area (Å²) < 4.78 is 48.5. The topological polar surface area (TPSA) is 184 Å². The summed E-state index contributed by atoms with van der Waals surface area (Å²) in [5.74, 6) is -2.37. The van der Waals surface area contributed by atoms with Gasteiger partial charge >= 0.3 is 5.97 Å². The van der Waals surface area contributed by atoms with E-state index >= 15 is 0 Å². The molecule has 262 valence electrons. The second kappa shape index (κ2) is 26.2. The molecule has 0 bridgehead atoms. The Hall–Kier alpha value is -2.87. The number of carbonyl (C=O) groups excluding carboxylic acids is 5. The first-order chi connectivity index (χ1) is 22.5. The van der Waals surface area contributed by atoms with Gasteiger partial charge in [-0.15, -0.1) is 5.06 Å². The predicted molar refractivity (Wildman–Crippen MR) is 155 cm³/mol. The third-order valence-electron chi connectivity index (χ3n) is 5.99. The number of nitrogens with zero attached hydrogens (tertiary/aromatic N) is 2. The molecule has 0 aromatic carbocycles. The first kappa shape index (κ1) is 39.3. The predicted octanol–water partition coefficient (Wildman–Crippen LogP) is -0.942. The Kier molecular flexibility index (Phi) is 22.4. The molecule has 0 aromatic rings. The van der Waals surface area contributed by atoms with Gasteiger partial charge < -0.3 is 47.5 Å². The van der Waals surface area contributed by atoms with E-state index in [1.807, 2.05) is 0 Å². The van der Waals surface area contributed by atoms with Crippen LogP contribution in [0, 0.1) is 0 Å². The normalized spacial score (nSPS) is 14.8. The van der Waals surface area contributed by atoms with Crippen LogP contribution in [0.5, 0.6) is 0 Å². The molecule has 17 heteroatoms. The largest absolute Gasteiger partial charge is 0.378 e. The first-order valence-corrected chi connectivity index (χ1v) is 15.3. The molecule has 46 heavy (non-hydrogen) atoms. The minimum atomic E-state index is -0.705. The molecule has 0 spiro atoms. The zero-order chi connectivity index (χ0) is 33.1. The van der Waals surface area contributed by atoms with Gasteiger partial charge in [0.15, 0.2) is 0 Å². The van der Waals surface area contributed by atoms with Crippen molar-refractivity contribution in [2.45, 2.75) is 19.3 Å². The van der Waals surface area contributed by atoms with Crippen molar-refractivity contribution < 1.29 is 71.4 Å². The highest BCUT2D eigenvalue weighted by molar-refractivity contribution is 6.12. The molecular formula is C29H46N2O15. The maximum absolute atomic E-state index is 11.6. The summed E-state index contributed by atoms with van der Waals surface area (Å²) in [6, 6.07) is 0. The Balaban J connectivity index is 1.17. The van der Waals surface area contributed by atoms with E-state index in [4.69, 9.17) is 47.5 Å². The molecule has 0 aliphatic carbocycles. The van der Waals surface area contributed by atoms with Crippen molar-refractivity contribution in [3.63, 3.8) is 0 Å². The van der Waals surface area contributed by atoms with Gasteiger partial charge in [-0.05, 0) is 0 Å². The maximum atomic E-state index is 11.6. The fraction of sp³-hybridized carbons (Fsp3) is 0.759. The van der Waals surface area contributed by atoms with Gasteiger partial charge in [0.1, 0.15) is 0 Å². The lowest BCUT2D eigenvalue weighted by atomic mass is 10.4. The molecule has 2 aliphatic rings. The van der Waals surface area contributed by atoms with E-state index in [-0.39, 0.29) is 57.4 Å². The van der Waals surface area contributed by atoms with E-state index in [0.29, 0.717) is 104 Å². The molecule has 0 radical (unpaired) electrons. The van der Waals surface area contributed by atoms with Crippen molar-refractivity contribution in [2.24, 2.45) is 0 Å². The molecule has 1 fully saturated rings. The second-order valence-electron chi connectivity index (χ2n) is 9.47. The van der Waals surface area contributed by atoms with Gasteiger partial charge in [-0.25, -0.2) is 4.79 Å². The number of rotatable bonds is 31. The van der Waals surface area contributed by atoms with Crippen molar-refractivity contribution >= 4 is 29.6 Å². The lowest BCUT2D eigenvalue weighted by Crippen LogP contribution is -2.33. The zero-order valence-electron chi connectivity index (χ0n) is 26.2. The molecule has 2 heterocycles. The smallest absolute Gasteiger partial charge is 0.335 e. The van der Waals surface area contributed by atoms with Crippen LogP contribution in [0.3, 0.4) is 0 Å². The summed E-state index contributed by atoms with van der Waals surface area (Å²) in [6.07, 6.45) is 2.52. The van der Waals surface area contributed by atoms with Crippen molar-refractivity contribution in [1.29, 1.82) is 0 Å². The Bertz CT molecular complexity index is 898. The quantitative estimate of drug-likeness (QED) is 0.0654. The molecule has 4 amide bonds. The fourth-order valence-corrected chi connectivity index (χ4v) is 3.63. The van der Waals surface area contributed by atoms with Gasteiger partial charge in [-0.1, -0.05) is 0 Å². The second-order valence-corrected chi connectivity index (χ2v) is 9.47. The van der Waals surface area contributed by atoms with Crippen molar-refractivity contribution in [1.82, 2.24) is 9.96 Å². The average Bonchev–Trinajstić information content (AvgIpc) is 3.54. The Morgan fingerprint density at radius 3 is 1.13 bits per heavy atom. The van der Waals surface area contributed by atoms with E-state index in [1.165, 1.54) is 12.2 Å². The fourth-order valence-electron chi connectivity index (χ4n) is 3.63. The molecule has 0 N–H and O–H groups in total. The first-order valence-electron chi connectivity index (χ1n) is 15.3. The molecule has 0 saturated carbocycles.